The molecule has 0 bridgehead atoms. The first kappa shape index (κ1) is 24.0. The van der Waals surface area contributed by atoms with Crippen molar-refractivity contribution in [2.24, 2.45) is 0 Å². The Balaban J connectivity index is 1.35. The van der Waals surface area contributed by atoms with Crippen LogP contribution in [0.2, 0.25) is 5.02 Å². The molecule has 38 heavy (non-hydrogen) atoms. The van der Waals surface area contributed by atoms with Gasteiger partial charge in [-0.3, -0.25) is 4.79 Å². The van der Waals surface area contributed by atoms with E-state index in [1.54, 1.807) is 19.5 Å². The normalized spacial score (nSPS) is 13.6. The summed E-state index contributed by atoms with van der Waals surface area (Å²) in [5, 5.41) is 1.67. The second-order valence-electron chi connectivity index (χ2n) is 9.16. The van der Waals surface area contributed by atoms with Gasteiger partial charge in [0.2, 0.25) is 0 Å². The number of ether oxygens (including phenoxy) is 1. The van der Waals surface area contributed by atoms with E-state index in [0.717, 1.165) is 33.7 Å². The summed E-state index contributed by atoms with van der Waals surface area (Å²) >= 11 is 6.16. The van der Waals surface area contributed by atoms with E-state index in [1.165, 1.54) is 0 Å². The summed E-state index contributed by atoms with van der Waals surface area (Å²) in [5.74, 6) is 1.56. The molecule has 0 radical (unpaired) electrons. The van der Waals surface area contributed by atoms with Crippen LogP contribution in [0.1, 0.15) is 10.4 Å². The predicted octanol–water partition coefficient (Wildman–Crippen LogP) is 5.71. The van der Waals surface area contributed by atoms with Crippen LogP contribution in [0.15, 0.2) is 91.4 Å². The van der Waals surface area contributed by atoms with Crippen LogP contribution in [0.5, 0.6) is 5.75 Å². The van der Waals surface area contributed by atoms with E-state index in [4.69, 9.17) is 26.3 Å². The first-order valence-corrected chi connectivity index (χ1v) is 12.9. The van der Waals surface area contributed by atoms with Crippen molar-refractivity contribution in [2.75, 3.05) is 38.2 Å². The lowest BCUT2D eigenvalue weighted by molar-refractivity contribution is 0.0746. The summed E-state index contributed by atoms with van der Waals surface area (Å²) in [6, 6.07) is 25.3. The van der Waals surface area contributed by atoms with Gasteiger partial charge in [0.1, 0.15) is 17.9 Å². The molecular formula is C30H26ClN5O2. The maximum absolute atomic E-state index is 13.2. The van der Waals surface area contributed by atoms with Crippen molar-refractivity contribution >= 4 is 34.4 Å². The molecule has 3 aromatic carbocycles. The summed E-state index contributed by atoms with van der Waals surface area (Å²) in [6.07, 6.45) is 3.73. The van der Waals surface area contributed by atoms with Crippen LogP contribution in [0, 0.1) is 0 Å². The van der Waals surface area contributed by atoms with Gasteiger partial charge in [-0.2, -0.15) is 0 Å². The minimum atomic E-state index is 0.00949. The molecule has 0 spiro atoms. The number of carbonyl (C=O) groups is 1. The predicted molar refractivity (Wildman–Crippen MR) is 150 cm³/mol. The molecule has 0 saturated carbocycles. The summed E-state index contributed by atoms with van der Waals surface area (Å²) in [7, 11) is 1.61. The highest BCUT2D eigenvalue weighted by atomic mass is 35.5. The molecular weight excluding hydrogens is 498 g/mol. The molecule has 190 valence electrons. The van der Waals surface area contributed by atoms with Crippen LogP contribution in [0.3, 0.4) is 0 Å². The zero-order chi connectivity index (χ0) is 26.1. The van der Waals surface area contributed by atoms with Crippen molar-refractivity contribution < 1.29 is 9.53 Å². The number of aromatic nitrogens is 3. The molecule has 0 aliphatic carbocycles. The minimum Gasteiger partial charge on any atom is -0.497 e. The number of piperazine rings is 1. The first-order chi connectivity index (χ1) is 18.6. The van der Waals surface area contributed by atoms with Crippen LogP contribution < -0.4 is 9.64 Å². The Bertz CT molecular complexity index is 1590. The maximum Gasteiger partial charge on any atom is 0.254 e. The molecule has 1 aliphatic heterocycles. The third-order valence-electron chi connectivity index (χ3n) is 6.94. The van der Waals surface area contributed by atoms with Gasteiger partial charge in [0.05, 0.1) is 12.5 Å². The minimum absolute atomic E-state index is 0.00949. The van der Waals surface area contributed by atoms with Gasteiger partial charge < -0.3 is 19.1 Å². The molecule has 7 nitrogen and oxygen atoms in total. The van der Waals surface area contributed by atoms with Gasteiger partial charge in [-0.25, -0.2) is 9.97 Å². The Hall–Kier alpha value is -4.36. The zero-order valence-electron chi connectivity index (χ0n) is 20.9. The maximum atomic E-state index is 13.2. The largest absolute Gasteiger partial charge is 0.497 e. The van der Waals surface area contributed by atoms with E-state index in [0.29, 0.717) is 42.5 Å². The van der Waals surface area contributed by atoms with E-state index >= 15 is 0 Å². The van der Waals surface area contributed by atoms with Gasteiger partial charge in [-0.1, -0.05) is 48.0 Å². The molecule has 1 amide bonds. The summed E-state index contributed by atoms with van der Waals surface area (Å²) in [4.78, 5) is 26.7. The van der Waals surface area contributed by atoms with Gasteiger partial charge in [-0.05, 0) is 48.0 Å². The van der Waals surface area contributed by atoms with Gasteiger partial charge in [0.15, 0.2) is 5.65 Å². The number of amides is 1. The third kappa shape index (κ3) is 4.46. The lowest BCUT2D eigenvalue weighted by Gasteiger charge is -2.35. The SMILES string of the molecule is COc1cccc(C(=O)N2CCN(c3ncnc4c3c(-c3ccccc3)cn4-c3ccc(Cl)cc3)CC2)c1. The van der Waals surface area contributed by atoms with Gasteiger partial charge in [0, 0.05) is 54.2 Å². The molecule has 0 atom stereocenters. The standard InChI is InChI=1S/C30H26ClN5O2/c1-38-25-9-5-8-22(18-25)30(37)35-16-14-34(15-17-35)28-27-26(21-6-3-2-4-7-21)19-36(29(27)33-20-32-28)24-12-10-23(31)11-13-24/h2-13,18-20H,14-17H2,1H3. The molecule has 0 unspecified atom stereocenters. The van der Waals surface area contributed by atoms with E-state index in [9.17, 15) is 4.79 Å². The van der Waals surface area contributed by atoms with Crippen molar-refractivity contribution in [1.29, 1.82) is 0 Å². The number of fused-ring (bicyclic) bond motifs is 1. The Labute approximate surface area is 225 Å². The highest BCUT2D eigenvalue weighted by molar-refractivity contribution is 6.30. The van der Waals surface area contributed by atoms with Crippen LogP contribution in [-0.2, 0) is 0 Å². The Morgan fingerprint density at radius 2 is 1.66 bits per heavy atom. The molecule has 0 N–H and O–H groups in total. The Morgan fingerprint density at radius 1 is 0.895 bits per heavy atom. The van der Waals surface area contributed by atoms with Gasteiger partial charge in [-0.15, -0.1) is 0 Å². The van der Waals surface area contributed by atoms with Gasteiger partial charge in [0.25, 0.3) is 5.91 Å². The van der Waals surface area contributed by atoms with Crippen molar-refractivity contribution in [1.82, 2.24) is 19.4 Å². The highest BCUT2D eigenvalue weighted by Crippen LogP contribution is 2.37. The number of hydrogen-bond acceptors (Lipinski definition) is 5. The number of anilines is 1. The number of rotatable bonds is 5. The third-order valence-corrected chi connectivity index (χ3v) is 7.19. The second-order valence-corrected chi connectivity index (χ2v) is 9.60. The average Bonchev–Trinajstić information content (AvgIpc) is 3.38. The first-order valence-electron chi connectivity index (χ1n) is 12.5. The van der Waals surface area contributed by atoms with E-state index < -0.39 is 0 Å². The molecule has 1 saturated heterocycles. The zero-order valence-corrected chi connectivity index (χ0v) is 21.7. The Kier molecular flexibility index (Phi) is 6.43. The van der Waals surface area contributed by atoms with Crippen molar-refractivity contribution in [2.45, 2.75) is 0 Å². The molecule has 6 rings (SSSR count). The smallest absolute Gasteiger partial charge is 0.254 e. The number of methoxy groups -OCH3 is 1. The quantitative estimate of drug-likeness (QED) is 0.295. The molecule has 2 aromatic heterocycles. The molecule has 8 heteroatoms. The number of hydrogen-bond donors (Lipinski definition) is 0. The van der Waals surface area contributed by atoms with Crippen LogP contribution in [0.25, 0.3) is 27.8 Å². The summed E-state index contributed by atoms with van der Waals surface area (Å²) < 4.78 is 7.38. The Morgan fingerprint density at radius 3 is 2.39 bits per heavy atom. The molecule has 1 aliphatic rings. The monoisotopic (exact) mass is 523 g/mol. The average molecular weight is 524 g/mol. The number of benzene rings is 3. The highest BCUT2D eigenvalue weighted by Gasteiger charge is 2.26. The van der Waals surface area contributed by atoms with Crippen LogP contribution in [-0.4, -0.2) is 58.6 Å². The number of halogens is 1. The fourth-order valence-corrected chi connectivity index (χ4v) is 5.11. The lowest BCUT2D eigenvalue weighted by atomic mass is 10.1. The molecule has 3 heterocycles. The van der Waals surface area contributed by atoms with E-state index in [1.807, 2.05) is 65.6 Å². The molecule has 1 fully saturated rings. The van der Waals surface area contributed by atoms with E-state index in [-0.39, 0.29) is 5.91 Å². The topological polar surface area (TPSA) is 63.5 Å². The second kappa shape index (κ2) is 10.2. The van der Waals surface area contributed by atoms with Crippen LogP contribution in [0.4, 0.5) is 5.82 Å². The number of carbonyl (C=O) groups excluding carboxylic acids is 1. The summed E-state index contributed by atoms with van der Waals surface area (Å²) in [5.41, 5.74) is 4.58. The fourth-order valence-electron chi connectivity index (χ4n) is 4.98. The van der Waals surface area contributed by atoms with Gasteiger partial charge >= 0.3 is 0 Å². The lowest BCUT2D eigenvalue weighted by Crippen LogP contribution is -2.49. The van der Waals surface area contributed by atoms with Crippen molar-refractivity contribution in [3.63, 3.8) is 0 Å². The summed E-state index contributed by atoms with van der Waals surface area (Å²) in [6.45, 7) is 2.53. The van der Waals surface area contributed by atoms with Crippen LogP contribution >= 0.6 is 11.6 Å². The fraction of sp³-hybridized carbons (Fsp3) is 0.167. The van der Waals surface area contributed by atoms with E-state index in [2.05, 4.69) is 27.8 Å². The number of nitrogens with zero attached hydrogens (tertiary/aromatic N) is 5. The van der Waals surface area contributed by atoms with Crippen molar-refractivity contribution in [3.05, 3.63) is 102 Å². The molecule has 5 aromatic rings. The van der Waals surface area contributed by atoms with Crippen molar-refractivity contribution in [3.8, 4) is 22.6 Å².